The molecule has 3 aliphatic heterocycles. The van der Waals surface area contributed by atoms with Crippen LogP contribution in [0.3, 0.4) is 0 Å². The molecule has 0 bridgehead atoms. The third-order valence-electron chi connectivity index (χ3n) is 12.2. The summed E-state index contributed by atoms with van der Waals surface area (Å²) in [4.78, 5) is 16.2. The Morgan fingerprint density at radius 3 is 2.14 bits per heavy atom. The Morgan fingerprint density at radius 2 is 1.55 bits per heavy atom. The minimum atomic E-state index is -1.22. The lowest BCUT2D eigenvalue weighted by Crippen LogP contribution is -2.50. The number of hydrogen-bond donors (Lipinski definition) is 2. The third-order valence-corrected chi connectivity index (χ3v) is 12.2. The zero-order valence-electron chi connectivity index (χ0n) is 33.1. The fourth-order valence-corrected chi connectivity index (χ4v) is 8.82. The molecule has 2 N–H and O–H groups in total. The molecule has 49 heavy (non-hydrogen) atoms. The van der Waals surface area contributed by atoms with E-state index in [1.165, 1.54) is 0 Å². The lowest BCUT2D eigenvalue weighted by Gasteiger charge is -2.44. The van der Waals surface area contributed by atoms with Crippen LogP contribution in [0.4, 0.5) is 0 Å². The molecular weight excluding hydrogens is 626 g/mol. The van der Waals surface area contributed by atoms with Gasteiger partial charge in [0.1, 0.15) is 11.7 Å². The molecule has 3 heterocycles. The molecule has 0 saturated carbocycles. The van der Waals surface area contributed by atoms with Gasteiger partial charge in [-0.3, -0.25) is 4.79 Å². The minimum Gasteiger partial charge on any atom is -0.459 e. The van der Waals surface area contributed by atoms with E-state index in [0.717, 1.165) is 32.2 Å². The zero-order chi connectivity index (χ0) is 36.8. The van der Waals surface area contributed by atoms with Gasteiger partial charge in [-0.2, -0.15) is 0 Å². The minimum absolute atomic E-state index is 0.0174. The zero-order valence-corrected chi connectivity index (χ0v) is 33.1. The molecule has 10 nitrogen and oxygen atoms in total. The molecule has 0 aromatic heterocycles. The van der Waals surface area contributed by atoms with Crippen molar-refractivity contribution in [3.63, 3.8) is 0 Å². The Morgan fingerprint density at radius 1 is 0.898 bits per heavy atom. The average Bonchev–Trinajstić information content (AvgIpc) is 3.01. The summed E-state index contributed by atoms with van der Waals surface area (Å²) in [5.74, 6) is -0.315. The van der Waals surface area contributed by atoms with Crippen LogP contribution in [-0.4, -0.2) is 109 Å². The number of aliphatic hydroxyl groups excluding tert-OH is 1. The van der Waals surface area contributed by atoms with Gasteiger partial charge in [-0.1, -0.05) is 34.6 Å². The molecule has 3 aliphatic rings. The van der Waals surface area contributed by atoms with Crippen molar-refractivity contribution in [3.05, 3.63) is 0 Å². The van der Waals surface area contributed by atoms with Crippen LogP contribution in [0.2, 0.25) is 0 Å². The summed E-state index contributed by atoms with van der Waals surface area (Å²) in [6.45, 7) is 21.2. The summed E-state index contributed by atoms with van der Waals surface area (Å²) >= 11 is 0. The monoisotopic (exact) mass is 700 g/mol. The highest BCUT2D eigenvalue weighted by Crippen LogP contribution is 2.40. The lowest BCUT2D eigenvalue weighted by molar-refractivity contribution is -0.266. The number of carbonyl (C=O) groups is 1. The molecule has 288 valence electrons. The molecule has 3 saturated heterocycles. The smallest absolute Gasteiger partial charge is 0.311 e. The summed E-state index contributed by atoms with van der Waals surface area (Å²) in [7, 11) is 5.97. The van der Waals surface area contributed by atoms with Crippen molar-refractivity contribution in [2.75, 3.05) is 27.7 Å². The Labute approximate surface area is 298 Å². The summed E-state index contributed by atoms with van der Waals surface area (Å²) in [5.41, 5.74) is -1.87. The van der Waals surface area contributed by atoms with E-state index in [-0.39, 0.29) is 42.2 Å². The van der Waals surface area contributed by atoms with Gasteiger partial charge in [0.15, 0.2) is 12.6 Å². The van der Waals surface area contributed by atoms with Gasteiger partial charge in [0.25, 0.3) is 0 Å². The molecule has 0 aromatic rings. The predicted molar refractivity (Wildman–Crippen MR) is 191 cm³/mol. The topological polar surface area (TPSA) is 116 Å². The molecule has 3 fully saturated rings. The van der Waals surface area contributed by atoms with Gasteiger partial charge in [0.2, 0.25) is 0 Å². The fraction of sp³-hybridized carbons (Fsp3) is 0.974. The van der Waals surface area contributed by atoms with Crippen LogP contribution in [0.1, 0.15) is 121 Å². The van der Waals surface area contributed by atoms with Crippen molar-refractivity contribution in [1.82, 2.24) is 4.90 Å². The number of cyclic esters (lactones) is 1. The maximum absolute atomic E-state index is 14.0. The molecule has 0 amide bonds. The van der Waals surface area contributed by atoms with Gasteiger partial charge in [0, 0.05) is 26.5 Å². The van der Waals surface area contributed by atoms with E-state index in [0.29, 0.717) is 31.6 Å². The van der Waals surface area contributed by atoms with Crippen LogP contribution < -0.4 is 0 Å². The van der Waals surface area contributed by atoms with Gasteiger partial charge < -0.3 is 43.5 Å². The van der Waals surface area contributed by atoms with E-state index < -0.39 is 53.8 Å². The predicted octanol–water partition coefficient (Wildman–Crippen LogP) is 6.19. The largest absolute Gasteiger partial charge is 0.459 e. The molecular formula is C39H73NO9. The Kier molecular flexibility index (Phi) is 15.9. The number of carbonyl (C=O) groups excluding carboxylic acids is 1. The summed E-state index contributed by atoms with van der Waals surface area (Å²) in [6, 6.07) is 0. The summed E-state index contributed by atoms with van der Waals surface area (Å²) < 4.78 is 38.7. The number of hydrogen-bond acceptors (Lipinski definition) is 10. The quantitative estimate of drug-likeness (QED) is 0.284. The summed E-state index contributed by atoms with van der Waals surface area (Å²) in [6.07, 6.45) is 2.05. The molecule has 0 aliphatic carbocycles. The highest BCUT2D eigenvalue weighted by atomic mass is 16.7. The number of esters is 1. The van der Waals surface area contributed by atoms with Gasteiger partial charge in [-0.05, 0) is 117 Å². The van der Waals surface area contributed by atoms with Crippen molar-refractivity contribution in [2.24, 2.45) is 35.5 Å². The second-order valence-corrected chi connectivity index (χ2v) is 17.0. The first kappa shape index (κ1) is 42.6. The van der Waals surface area contributed by atoms with E-state index in [1.807, 2.05) is 27.7 Å². The molecule has 10 heteroatoms. The first-order chi connectivity index (χ1) is 22.8. The van der Waals surface area contributed by atoms with Crippen LogP contribution in [0.15, 0.2) is 0 Å². The van der Waals surface area contributed by atoms with Crippen LogP contribution in [0.25, 0.3) is 0 Å². The van der Waals surface area contributed by atoms with E-state index in [9.17, 15) is 15.0 Å². The van der Waals surface area contributed by atoms with Gasteiger partial charge in [-0.25, -0.2) is 0 Å². The van der Waals surface area contributed by atoms with Crippen molar-refractivity contribution >= 4 is 5.97 Å². The number of methoxy groups -OCH3 is 1. The van der Waals surface area contributed by atoms with Crippen molar-refractivity contribution in [3.8, 4) is 0 Å². The highest BCUT2D eigenvalue weighted by molar-refractivity contribution is 5.73. The van der Waals surface area contributed by atoms with Crippen molar-refractivity contribution < 1.29 is 43.4 Å². The van der Waals surface area contributed by atoms with Crippen molar-refractivity contribution in [1.29, 1.82) is 0 Å². The normalized spacial score (nSPS) is 46.9. The van der Waals surface area contributed by atoms with E-state index in [1.54, 1.807) is 14.0 Å². The number of aliphatic hydroxyl groups is 2. The highest BCUT2D eigenvalue weighted by Gasteiger charge is 2.46. The van der Waals surface area contributed by atoms with Crippen molar-refractivity contribution in [2.45, 2.75) is 181 Å². The molecule has 8 unspecified atom stereocenters. The second-order valence-electron chi connectivity index (χ2n) is 17.0. The van der Waals surface area contributed by atoms with Gasteiger partial charge in [-0.15, -0.1) is 0 Å². The van der Waals surface area contributed by atoms with E-state index in [4.69, 9.17) is 28.4 Å². The third kappa shape index (κ3) is 11.3. The molecule has 0 spiro atoms. The lowest BCUT2D eigenvalue weighted by atomic mass is 9.73. The van der Waals surface area contributed by atoms with Crippen LogP contribution >= 0.6 is 0 Å². The summed E-state index contributed by atoms with van der Waals surface area (Å²) in [5, 5.41) is 22.4. The second kappa shape index (κ2) is 18.3. The fourth-order valence-electron chi connectivity index (χ4n) is 8.82. The molecule has 16 atom stereocenters. The van der Waals surface area contributed by atoms with E-state index >= 15 is 0 Å². The Bertz CT molecular complexity index is 997. The molecule has 0 aromatic carbocycles. The number of rotatable bonds is 8. The molecule has 3 rings (SSSR count). The first-order valence-corrected chi connectivity index (χ1v) is 19.2. The van der Waals surface area contributed by atoms with Crippen LogP contribution in [0.5, 0.6) is 0 Å². The number of nitrogens with zero attached hydrogens (tertiary/aromatic N) is 1. The van der Waals surface area contributed by atoms with E-state index in [2.05, 4.69) is 53.6 Å². The Hall–Kier alpha value is -0.850. The molecule has 0 radical (unpaired) electrons. The van der Waals surface area contributed by atoms with Gasteiger partial charge >= 0.3 is 5.97 Å². The Balaban J connectivity index is 2.01. The maximum Gasteiger partial charge on any atom is 0.311 e. The maximum atomic E-state index is 14.0. The average molecular weight is 700 g/mol. The van der Waals surface area contributed by atoms with Gasteiger partial charge in [0.05, 0.1) is 42.0 Å². The SMILES string of the molecule is CC[C@H]1OC(=O)C(C)[C@@H](O[C@H]2CC(C)[C@@H](O)C(C)O2)CC[C@@H](OC2CC(CN(C)C)CC(C)O2)[C@](C)(OC)C[C@@H](C)CC(C)C(C)[C@]1(C)O. The number of ether oxygens (including phenoxy) is 6. The van der Waals surface area contributed by atoms with Crippen LogP contribution in [-0.2, 0) is 33.2 Å². The first-order valence-electron chi connectivity index (χ1n) is 19.2. The standard InChI is InChI=1S/C39H73NO9/c1-14-32-39(10,43)28(7)24(3)17-23(2)21-38(9,44-13)33(48-35-20-30(22-40(11)12)19-26(5)45-35)16-15-31(27(6)37(42)49-32)47-34-18-25(4)36(41)29(8)46-34/h23-36,41,43H,14-22H2,1-13H3/t23-,24?,25?,26?,27?,28?,29?,30?,31-,32+,33+,34-,35?,36+,38+,39-/m0/s1. The van der Waals surface area contributed by atoms with Crippen LogP contribution in [0, 0.1) is 35.5 Å².